The van der Waals surface area contributed by atoms with E-state index in [1.807, 2.05) is 24.3 Å². The number of carbonyl (C=O) groups excluding carboxylic acids is 1. The second-order valence-electron chi connectivity index (χ2n) is 4.02. The van der Waals surface area contributed by atoms with Crippen molar-refractivity contribution in [1.29, 1.82) is 0 Å². The van der Waals surface area contributed by atoms with E-state index in [9.17, 15) is 14.9 Å². The summed E-state index contributed by atoms with van der Waals surface area (Å²) in [4.78, 5) is 22.0. The Kier molecular flexibility index (Phi) is 4.51. The standard InChI is InChI=1S/C13H10BrNO4S/c1-8(16)12-6-11(15(17)18)13(20-12)19-7-9-3-2-4-10(14)5-9/h2-6H,7H2,1H3. The SMILES string of the molecule is CC(=O)c1cc([N+](=O)[O-])c(OCc2cccc(Br)c2)s1. The molecule has 0 atom stereocenters. The number of nitrogens with zero attached hydrogens (tertiary/aromatic N) is 1. The van der Waals surface area contributed by atoms with Crippen LogP contribution >= 0.6 is 27.3 Å². The Morgan fingerprint density at radius 3 is 2.80 bits per heavy atom. The number of ether oxygens (including phenoxy) is 1. The number of benzene rings is 1. The van der Waals surface area contributed by atoms with Gasteiger partial charge in [-0.3, -0.25) is 14.9 Å². The lowest BCUT2D eigenvalue weighted by molar-refractivity contribution is -0.385. The number of Topliss-reactive ketones (excluding diaryl/α,β-unsaturated/α-hetero) is 1. The second kappa shape index (κ2) is 6.15. The highest BCUT2D eigenvalue weighted by Crippen LogP contribution is 2.37. The molecule has 0 spiro atoms. The van der Waals surface area contributed by atoms with Crippen molar-refractivity contribution >= 4 is 38.7 Å². The summed E-state index contributed by atoms with van der Waals surface area (Å²) < 4.78 is 6.38. The Labute approximate surface area is 127 Å². The van der Waals surface area contributed by atoms with Crippen LogP contribution in [0.2, 0.25) is 0 Å². The van der Waals surface area contributed by atoms with Crippen molar-refractivity contribution < 1.29 is 14.5 Å². The van der Waals surface area contributed by atoms with Gasteiger partial charge in [0.15, 0.2) is 5.78 Å². The van der Waals surface area contributed by atoms with Gasteiger partial charge in [-0.2, -0.15) is 0 Å². The molecule has 0 radical (unpaired) electrons. The molecule has 0 aliphatic carbocycles. The quantitative estimate of drug-likeness (QED) is 0.457. The van der Waals surface area contributed by atoms with Gasteiger partial charge in [0.2, 0.25) is 0 Å². The average Bonchev–Trinajstić information content (AvgIpc) is 2.81. The fraction of sp³-hybridized carbons (Fsp3) is 0.154. The normalized spacial score (nSPS) is 10.3. The molecule has 1 heterocycles. The van der Waals surface area contributed by atoms with Crippen LogP contribution < -0.4 is 4.74 Å². The summed E-state index contributed by atoms with van der Waals surface area (Å²) in [5.74, 6) is -0.213. The smallest absolute Gasteiger partial charge is 0.323 e. The maximum absolute atomic E-state index is 11.3. The third kappa shape index (κ3) is 3.43. The number of hydrogen-bond acceptors (Lipinski definition) is 5. The number of ketones is 1. The second-order valence-corrected chi connectivity index (χ2v) is 5.95. The summed E-state index contributed by atoms with van der Waals surface area (Å²) >= 11 is 4.34. The lowest BCUT2D eigenvalue weighted by atomic mass is 10.2. The summed E-state index contributed by atoms with van der Waals surface area (Å²) in [5, 5.41) is 11.1. The Bertz CT molecular complexity index is 668. The van der Waals surface area contributed by atoms with E-state index in [4.69, 9.17) is 4.74 Å². The molecular weight excluding hydrogens is 346 g/mol. The van der Waals surface area contributed by atoms with Gasteiger partial charge in [0, 0.05) is 10.5 Å². The van der Waals surface area contributed by atoms with E-state index in [1.54, 1.807) is 0 Å². The van der Waals surface area contributed by atoms with Crippen LogP contribution in [0.1, 0.15) is 22.2 Å². The number of thiophene rings is 1. The van der Waals surface area contributed by atoms with Crippen molar-refractivity contribution in [3.63, 3.8) is 0 Å². The summed E-state index contributed by atoms with van der Waals surface area (Å²) in [6, 6.07) is 8.71. The topological polar surface area (TPSA) is 69.4 Å². The lowest BCUT2D eigenvalue weighted by Crippen LogP contribution is -1.96. The van der Waals surface area contributed by atoms with Crippen LogP contribution in [0.4, 0.5) is 5.69 Å². The Morgan fingerprint density at radius 1 is 1.45 bits per heavy atom. The van der Waals surface area contributed by atoms with Gasteiger partial charge in [-0.15, -0.1) is 0 Å². The summed E-state index contributed by atoms with van der Waals surface area (Å²) in [6.45, 7) is 1.58. The molecule has 0 saturated carbocycles. The van der Waals surface area contributed by atoms with E-state index in [-0.39, 0.29) is 23.1 Å². The van der Waals surface area contributed by atoms with Crippen LogP contribution in [-0.2, 0) is 6.61 Å². The molecule has 0 aliphatic heterocycles. The van der Waals surface area contributed by atoms with Crippen LogP contribution in [-0.4, -0.2) is 10.7 Å². The average molecular weight is 356 g/mol. The van der Waals surface area contributed by atoms with E-state index in [0.717, 1.165) is 21.4 Å². The van der Waals surface area contributed by atoms with E-state index >= 15 is 0 Å². The molecule has 0 fully saturated rings. The molecule has 1 aromatic heterocycles. The van der Waals surface area contributed by atoms with Crippen molar-refractivity contribution in [1.82, 2.24) is 0 Å². The van der Waals surface area contributed by atoms with Crippen molar-refractivity contribution in [2.24, 2.45) is 0 Å². The Morgan fingerprint density at radius 2 is 2.20 bits per heavy atom. The number of nitro groups is 1. The first-order valence-electron chi connectivity index (χ1n) is 5.64. The summed E-state index contributed by atoms with van der Waals surface area (Å²) in [5.41, 5.74) is 0.710. The highest BCUT2D eigenvalue weighted by Gasteiger charge is 2.22. The van der Waals surface area contributed by atoms with Gasteiger partial charge in [0.25, 0.3) is 5.06 Å². The Balaban J connectivity index is 2.20. The van der Waals surface area contributed by atoms with E-state index < -0.39 is 4.92 Å². The minimum atomic E-state index is -0.542. The van der Waals surface area contributed by atoms with Crippen LogP contribution in [0.25, 0.3) is 0 Å². The highest BCUT2D eigenvalue weighted by atomic mass is 79.9. The molecule has 5 nitrogen and oxygen atoms in total. The molecule has 0 bridgehead atoms. The minimum Gasteiger partial charge on any atom is -0.474 e. The molecule has 104 valence electrons. The van der Waals surface area contributed by atoms with Crippen molar-refractivity contribution in [3.05, 3.63) is 55.4 Å². The summed E-state index contributed by atoms with van der Waals surface area (Å²) in [7, 11) is 0. The molecule has 0 unspecified atom stereocenters. The first kappa shape index (κ1) is 14.7. The molecule has 0 aliphatic rings. The first-order chi connectivity index (χ1) is 9.47. The zero-order valence-corrected chi connectivity index (χ0v) is 12.9. The van der Waals surface area contributed by atoms with Gasteiger partial charge in [-0.1, -0.05) is 39.4 Å². The first-order valence-corrected chi connectivity index (χ1v) is 7.24. The van der Waals surface area contributed by atoms with E-state index in [1.165, 1.54) is 13.0 Å². The monoisotopic (exact) mass is 355 g/mol. The highest BCUT2D eigenvalue weighted by molar-refractivity contribution is 9.10. The zero-order valence-electron chi connectivity index (χ0n) is 10.5. The molecule has 0 N–H and O–H groups in total. The molecule has 7 heteroatoms. The van der Waals surface area contributed by atoms with Gasteiger partial charge in [0.05, 0.1) is 9.80 Å². The van der Waals surface area contributed by atoms with Gasteiger partial charge in [-0.05, 0) is 24.6 Å². The van der Waals surface area contributed by atoms with Crippen LogP contribution in [0.15, 0.2) is 34.8 Å². The molecule has 0 amide bonds. The van der Waals surface area contributed by atoms with Crippen molar-refractivity contribution in [2.45, 2.75) is 13.5 Å². The third-order valence-corrected chi connectivity index (χ3v) is 4.11. The van der Waals surface area contributed by atoms with Gasteiger partial charge in [-0.25, -0.2) is 0 Å². The van der Waals surface area contributed by atoms with E-state index in [2.05, 4.69) is 15.9 Å². The van der Waals surface area contributed by atoms with E-state index in [0.29, 0.717) is 4.88 Å². The minimum absolute atomic E-state index is 0.153. The maximum Gasteiger partial charge on any atom is 0.323 e. The molecular formula is C13H10BrNO4S. The van der Waals surface area contributed by atoms with Crippen LogP contribution in [0, 0.1) is 10.1 Å². The Hall–Kier alpha value is -1.73. The lowest BCUT2D eigenvalue weighted by Gasteiger charge is -2.03. The van der Waals surface area contributed by atoms with Gasteiger partial charge in [0.1, 0.15) is 6.61 Å². The molecule has 0 saturated heterocycles. The summed E-state index contributed by atoms with van der Waals surface area (Å²) in [6.07, 6.45) is 0. The number of rotatable bonds is 5. The number of halogens is 1. The third-order valence-electron chi connectivity index (χ3n) is 2.48. The van der Waals surface area contributed by atoms with Crippen LogP contribution in [0.3, 0.4) is 0 Å². The molecule has 1 aromatic carbocycles. The number of hydrogen-bond donors (Lipinski definition) is 0. The van der Waals surface area contributed by atoms with Crippen LogP contribution in [0.5, 0.6) is 5.06 Å². The molecule has 2 aromatic rings. The fourth-order valence-electron chi connectivity index (χ4n) is 1.54. The molecule has 2 rings (SSSR count). The van der Waals surface area contributed by atoms with Gasteiger partial charge < -0.3 is 4.74 Å². The number of carbonyl (C=O) groups is 1. The maximum atomic E-state index is 11.3. The predicted octanol–water partition coefficient (Wildman–Crippen LogP) is 4.20. The zero-order chi connectivity index (χ0) is 14.7. The molecule has 20 heavy (non-hydrogen) atoms. The van der Waals surface area contributed by atoms with Gasteiger partial charge >= 0.3 is 5.69 Å². The van der Waals surface area contributed by atoms with Crippen molar-refractivity contribution in [3.8, 4) is 5.06 Å². The fourth-order valence-corrected chi connectivity index (χ4v) is 2.86. The predicted molar refractivity (Wildman–Crippen MR) is 79.5 cm³/mol. The largest absolute Gasteiger partial charge is 0.474 e. The van der Waals surface area contributed by atoms with Crippen molar-refractivity contribution in [2.75, 3.05) is 0 Å².